The van der Waals surface area contributed by atoms with Gasteiger partial charge in [-0.3, -0.25) is 0 Å². The maximum atomic E-state index is 4.06. The molecule has 0 unspecified atom stereocenters. The molecule has 0 saturated heterocycles. The number of hydrogen-bond acceptors (Lipinski definition) is 1. The van der Waals surface area contributed by atoms with Gasteiger partial charge in [-0.2, -0.15) is 0 Å². The molecule has 2 rings (SSSR count). The molecule has 0 saturated carbocycles. The third-order valence-electron chi connectivity index (χ3n) is 1.33. The van der Waals surface area contributed by atoms with Gasteiger partial charge in [-0.1, -0.05) is 12.1 Å². The van der Waals surface area contributed by atoms with Crippen molar-refractivity contribution in [2.75, 3.05) is 0 Å². The Hall–Kier alpha value is -0.830. The number of halogens is 1. The van der Waals surface area contributed by atoms with Crippen LogP contribution in [-0.4, -0.2) is 9.97 Å². The molecule has 3 heteroatoms. The van der Waals surface area contributed by atoms with Gasteiger partial charge >= 0.3 is 0 Å². The average molecular weight is 198 g/mol. The van der Waals surface area contributed by atoms with Gasteiger partial charge in [0.15, 0.2) is 0 Å². The minimum atomic E-state index is 0. The van der Waals surface area contributed by atoms with Crippen LogP contribution in [0.2, 0.25) is 0 Å². The molecule has 1 aromatic carbocycles. The van der Waals surface area contributed by atoms with Gasteiger partial charge in [0.05, 0.1) is 17.4 Å². The Morgan fingerprint density at radius 1 is 1.20 bits per heavy atom. The topological polar surface area (TPSA) is 28.7 Å². The molecule has 2 aromatic rings. The van der Waals surface area contributed by atoms with E-state index in [2.05, 4.69) is 9.97 Å². The van der Waals surface area contributed by atoms with E-state index in [1.165, 1.54) is 0 Å². The molecule has 0 amide bonds. The van der Waals surface area contributed by atoms with E-state index >= 15 is 0 Å². The Morgan fingerprint density at radius 3 is 2.80 bits per heavy atom. The first-order valence-corrected chi connectivity index (χ1v) is 2.85. The zero-order valence-corrected chi connectivity index (χ0v) is 6.80. The van der Waals surface area contributed by atoms with Gasteiger partial charge in [-0.25, -0.2) is 4.98 Å². The van der Waals surface area contributed by atoms with E-state index in [4.69, 9.17) is 0 Å². The first-order chi connectivity index (χ1) is 4.47. The van der Waals surface area contributed by atoms with Crippen LogP contribution in [-0.2, 0) is 0 Å². The third-order valence-corrected chi connectivity index (χ3v) is 1.33. The van der Waals surface area contributed by atoms with Crippen LogP contribution < -0.4 is 17.0 Å². The van der Waals surface area contributed by atoms with Crippen molar-refractivity contribution in [3.05, 3.63) is 30.6 Å². The lowest BCUT2D eigenvalue weighted by molar-refractivity contribution is -0.00000190. The number of aromatic amines is 1. The van der Waals surface area contributed by atoms with Crippen LogP contribution in [0, 0.1) is 0 Å². The molecule has 0 atom stereocenters. The number of nitrogens with one attached hydrogen (secondary N) is 1. The summed E-state index contributed by atoms with van der Waals surface area (Å²) in [7, 11) is 0. The van der Waals surface area contributed by atoms with Crippen LogP contribution in [0.25, 0.3) is 11.0 Å². The van der Waals surface area contributed by atoms with Crippen LogP contribution in [0.15, 0.2) is 30.6 Å². The van der Waals surface area contributed by atoms with Crippen molar-refractivity contribution in [3.63, 3.8) is 0 Å². The number of hydrogen-bond donors (Lipinski definition) is 1. The summed E-state index contributed by atoms with van der Waals surface area (Å²) < 4.78 is 0. The second-order valence-electron chi connectivity index (χ2n) is 1.92. The van der Waals surface area contributed by atoms with Crippen LogP contribution in [0.4, 0.5) is 0 Å². The monoisotopic (exact) mass is 197 g/mol. The first kappa shape index (κ1) is 7.28. The molecular weight excluding hydrogens is 192 g/mol. The molecule has 0 fully saturated rings. The van der Waals surface area contributed by atoms with Crippen LogP contribution >= 0.6 is 0 Å². The van der Waals surface area contributed by atoms with E-state index in [0.717, 1.165) is 11.0 Å². The maximum absolute atomic E-state index is 4.06. The summed E-state index contributed by atoms with van der Waals surface area (Å²) in [5.41, 5.74) is 2.12. The summed E-state index contributed by atoms with van der Waals surface area (Å²) in [5.74, 6) is 0. The lowest BCUT2D eigenvalue weighted by atomic mass is 10.3. The highest BCUT2D eigenvalue weighted by molar-refractivity contribution is 5.73. The fourth-order valence-corrected chi connectivity index (χ4v) is 0.880. The van der Waals surface area contributed by atoms with Crippen LogP contribution in [0.3, 0.4) is 0 Å². The lowest BCUT2D eigenvalue weighted by Gasteiger charge is -1.81. The molecule has 0 aliphatic carbocycles. The summed E-state index contributed by atoms with van der Waals surface area (Å²) >= 11 is 0. The molecule has 0 radical (unpaired) electrons. The molecule has 10 heavy (non-hydrogen) atoms. The molecule has 1 heterocycles. The van der Waals surface area contributed by atoms with Crippen molar-refractivity contribution < 1.29 is 17.0 Å². The van der Waals surface area contributed by atoms with Crippen molar-refractivity contribution in [3.8, 4) is 0 Å². The quantitative estimate of drug-likeness (QED) is 0.552. The Morgan fingerprint density at radius 2 is 2.00 bits per heavy atom. The summed E-state index contributed by atoms with van der Waals surface area (Å²) in [5, 5.41) is 0. The van der Waals surface area contributed by atoms with E-state index in [0.29, 0.717) is 0 Å². The highest BCUT2D eigenvalue weighted by Gasteiger charge is 1.88. The van der Waals surface area contributed by atoms with E-state index in [1.54, 1.807) is 6.33 Å². The summed E-state index contributed by atoms with van der Waals surface area (Å²) in [4.78, 5) is 7.07. The second-order valence-corrected chi connectivity index (χ2v) is 1.92. The standard InChI is InChI=1S/C7H6N2.BrH/c1-2-4-7-6(3-1)8-5-9-7;/h1-5H,(H,8,9);1H/p-1. The fourth-order valence-electron chi connectivity index (χ4n) is 0.880. The van der Waals surface area contributed by atoms with Gasteiger partial charge in [0, 0.05) is 0 Å². The zero-order chi connectivity index (χ0) is 6.10. The van der Waals surface area contributed by atoms with Crippen molar-refractivity contribution in [2.45, 2.75) is 0 Å². The van der Waals surface area contributed by atoms with Crippen molar-refractivity contribution in [1.29, 1.82) is 0 Å². The van der Waals surface area contributed by atoms with Gasteiger partial charge in [0.1, 0.15) is 0 Å². The highest BCUT2D eigenvalue weighted by atomic mass is 79.9. The Balaban J connectivity index is 0.000000500. The molecule has 0 aliphatic rings. The molecule has 1 N–H and O–H groups in total. The number of nitrogens with zero attached hydrogens (tertiary/aromatic N) is 1. The van der Waals surface area contributed by atoms with Crippen molar-refractivity contribution in [2.24, 2.45) is 0 Å². The number of fused-ring (bicyclic) bond motifs is 1. The minimum absolute atomic E-state index is 0. The molecule has 2 nitrogen and oxygen atoms in total. The van der Waals surface area contributed by atoms with E-state index in [1.807, 2.05) is 24.3 Å². The number of aromatic nitrogens is 2. The van der Waals surface area contributed by atoms with Gasteiger partial charge in [-0.15, -0.1) is 0 Å². The normalized spacial score (nSPS) is 9.20. The maximum Gasteiger partial charge on any atom is 0.0931 e. The number of imidazole rings is 1. The van der Waals surface area contributed by atoms with Crippen molar-refractivity contribution in [1.82, 2.24) is 9.97 Å². The van der Waals surface area contributed by atoms with Gasteiger partial charge in [0.2, 0.25) is 0 Å². The van der Waals surface area contributed by atoms with Crippen LogP contribution in [0.5, 0.6) is 0 Å². The number of H-pyrrole nitrogens is 1. The van der Waals surface area contributed by atoms with E-state index < -0.39 is 0 Å². The predicted octanol–water partition coefficient (Wildman–Crippen LogP) is -1.43. The Bertz CT molecular complexity index is 286. The fraction of sp³-hybridized carbons (Fsp3) is 0. The molecule has 1 aromatic heterocycles. The van der Waals surface area contributed by atoms with E-state index in [-0.39, 0.29) is 17.0 Å². The molecular formula is C7H6BrN2-. The Kier molecular flexibility index (Phi) is 2.06. The summed E-state index contributed by atoms with van der Waals surface area (Å²) in [6.07, 6.45) is 1.70. The Labute approximate surface area is 69.1 Å². The molecule has 0 aliphatic heterocycles. The third kappa shape index (κ3) is 1.04. The van der Waals surface area contributed by atoms with Crippen LogP contribution in [0.1, 0.15) is 0 Å². The average Bonchev–Trinajstić information content (AvgIpc) is 2.33. The molecule has 0 spiro atoms. The number of para-hydroxylation sites is 2. The van der Waals surface area contributed by atoms with Crippen molar-refractivity contribution >= 4 is 11.0 Å². The zero-order valence-electron chi connectivity index (χ0n) is 5.21. The molecule has 0 bridgehead atoms. The SMILES string of the molecule is [Br-].c1ccc2[nH]cnc2c1. The predicted molar refractivity (Wildman–Crippen MR) is 36.1 cm³/mol. The van der Waals surface area contributed by atoms with Gasteiger partial charge < -0.3 is 22.0 Å². The second kappa shape index (κ2) is 2.84. The number of benzene rings is 1. The summed E-state index contributed by atoms with van der Waals surface area (Å²) in [6.45, 7) is 0. The largest absolute Gasteiger partial charge is 1.00 e. The smallest absolute Gasteiger partial charge is 0.0931 e. The highest BCUT2D eigenvalue weighted by Crippen LogP contribution is 2.05. The summed E-state index contributed by atoms with van der Waals surface area (Å²) in [6, 6.07) is 7.94. The first-order valence-electron chi connectivity index (χ1n) is 2.85. The van der Waals surface area contributed by atoms with E-state index in [9.17, 15) is 0 Å². The van der Waals surface area contributed by atoms with Gasteiger partial charge in [0.25, 0.3) is 0 Å². The lowest BCUT2D eigenvalue weighted by Crippen LogP contribution is -3.00. The van der Waals surface area contributed by atoms with Gasteiger partial charge in [-0.05, 0) is 12.1 Å². The minimum Gasteiger partial charge on any atom is -1.00 e. The molecule has 52 valence electrons. The number of rotatable bonds is 0.